The molecule has 0 amide bonds. The molecule has 112 valence electrons. The summed E-state index contributed by atoms with van der Waals surface area (Å²) in [5.74, 6) is -0.980. The van der Waals surface area contributed by atoms with Crippen LogP contribution in [0, 0.1) is 0 Å². The Hall–Kier alpha value is -1.08. The van der Waals surface area contributed by atoms with Crippen LogP contribution in [0.4, 0.5) is 19.0 Å². The summed E-state index contributed by atoms with van der Waals surface area (Å²) in [6.45, 7) is 1.83. The van der Waals surface area contributed by atoms with Crippen molar-refractivity contribution >= 4 is 17.4 Å². The van der Waals surface area contributed by atoms with E-state index in [4.69, 9.17) is 11.6 Å². The van der Waals surface area contributed by atoms with Crippen molar-refractivity contribution in [2.75, 3.05) is 32.1 Å². The fourth-order valence-corrected chi connectivity index (χ4v) is 2.46. The molecule has 4 nitrogen and oxygen atoms in total. The maximum Gasteiger partial charge on any atom is 0.451 e. The number of aromatic nitrogens is 2. The zero-order valence-corrected chi connectivity index (χ0v) is 12.0. The van der Waals surface area contributed by atoms with Crippen molar-refractivity contribution in [2.24, 2.45) is 0 Å². The maximum atomic E-state index is 12.7. The van der Waals surface area contributed by atoms with Gasteiger partial charge in [-0.2, -0.15) is 13.2 Å². The molecule has 20 heavy (non-hydrogen) atoms. The molecule has 1 aliphatic rings. The summed E-state index contributed by atoms with van der Waals surface area (Å²) >= 11 is 5.68. The fourth-order valence-electron chi connectivity index (χ4n) is 2.28. The summed E-state index contributed by atoms with van der Waals surface area (Å²) < 4.78 is 38.1. The number of nitrogens with zero attached hydrogens (tertiary/aromatic N) is 4. The molecule has 1 aromatic rings. The Balaban J connectivity index is 2.21. The maximum absolute atomic E-state index is 12.7. The van der Waals surface area contributed by atoms with Crippen molar-refractivity contribution in [1.29, 1.82) is 0 Å². The molecule has 0 spiro atoms. The second-order valence-electron chi connectivity index (χ2n) is 5.02. The highest BCUT2D eigenvalue weighted by Crippen LogP contribution is 2.30. The lowest BCUT2D eigenvalue weighted by molar-refractivity contribution is -0.144. The van der Waals surface area contributed by atoms with Crippen LogP contribution in [0.5, 0.6) is 0 Å². The van der Waals surface area contributed by atoms with E-state index in [2.05, 4.69) is 14.9 Å². The summed E-state index contributed by atoms with van der Waals surface area (Å²) in [4.78, 5) is 10.8. The molecule has 1 saturated heterocycles. The monoisotopic (exact) mass is 308 g/mol. The molecule has 0 aliphatic carbocycles. The minimum atomic E-state index is -4.59. The molecular weight excluding hydrogens is 293 g/mol. The second-order valence-corrected chi connectivity index (χ2v) is 5.40. The van der Waals surface area contributed by atoms with E-state index in [0.29, 0.717) is 0 Å². The Bertz CT molecular complexity index is 472. The van der Waals surface area contributed by atoms with E-state index >= 15 is 0 Å². The van der Waals surface area contributed by atoms with Gasteiger partial charge in [0.25, 0.3) is 0 Å². The molecule has 2 heterocycles. The molecule has 1 aliphatic heterocycles. The van der Waals surface area contributed by atoms with Crippen LogP contribution in [-0.2, 0) is 6.18 Å². The number of hydrogen-bond donors (Lipinski definition) is 0. The lowest BCUT2D eigenvalue weighted by Gasteiger charge is -2.35. The number of anilines is 1. The van der Waals surface area contributed by atoms with Gasteiger partial charge < -0.3 is 9.80 Å². The van der Waals surface area contributed by atoms with Crippen molar-refractivity contribution in [3.63, 3.8) is 0 Å². The number of rotatable bonds is 2. The highest BCUT2D eigenvalue weighted by atomic mass is 35.5. The number of halogens is 4. The largest absolute Gasteiger partial charge is 0.451 e. The van der Waals surface area contributed by atoms with E-state index in [1.54, 1.807) is 11.9 Å². The molecule has 0 bridgehead atoms. The molecule has 0 unspecified atom stereocenters. The van der Waals surface area contributed by atoms with Gasteiger partial charge in [-0.15, -0.1) is 0 Å². The van der Waals surface area contributed by atoms with Crippen LogP contribution in [0.1, 0.15) is 18.7 Å². The third kappa shape index (κ3) is 3.52. The van der Waals surface area contributed by atoms with Crippen molar-refractivity contribution in [3.05, 3.63) is 17.0 Å². The van der Waals surface area contributed by atoms with Crippen molar-refractivity contribution in [3.8, 4) is 0 Å². The second kappa shape index (κ2) is 5.73. The highest BCUT2D eigenvalue weighted by Gasteiger charge is 2.36. The lowest BCUT2D eigenvalue weighted by atomic mass is 10.0. The molecule has 8 heteroatoms. The van der Waals surface area contributed by atoms with Crippen molar-refractivity contribution in [1.82, 2.24) is 14.9 Å². The predicted molar refractivity (Wildman–Crippen MR) is 71.0 cm³/mol. The van der Waals surface area contributed by atoms with Crippen LogP contribution in [-0.4, -0.2) is 48.1 Å². The minimum absolute atomic E-state index is 0.165. The average molecular weight is 309 g/mol. The van der Waals surface area contributed by atoms with Gasteiger partial charge in [0.2, 0.25) is 5.82 Å². The van der Waals surface area contributed by atoms with E-state index in [1.807, 2.05) is 7.05 Å². The van der Waals surface area contributed by atoms with Crippen LogP contribution in [0.3, 0.4) is 0 Å². The SMILES string of the molecule is CN1CCC(N(C)c2cc(Cl)nc(C(F)(F)F)n2)CC1. The molecule has 1 fully saturated rings. The number of hydrogen-bond acceptors (Lipinski definition) is 4. The summed E-state index contributed by atoms with van der Waals surface area (Å²) in [6.07, 6.45) is -2.82. The zero-order chi connectivity index (χ0) is 14.9. The van der Waals surface area contributed by atoms with Crippen molar-refractivity contribution in [2.45, 2.75) is 25.1 Å². The Morgan fingerprint density at radius 2 is 1.90 bits per heavy atom. The smallest absolute Gasteiger partial charge is 0.356 e. The van der Waals surface area contributed by atoms with Gasteiger partial charge in [-0.25, -0.2) is 9.97 Å². The molecular formula is C12H16ClF3N4. The van der Waals surface area contributed by atoms with E-state index in [9.17, 15) is 13.2 Å². The molecule has 0 radical (unpaired) electrons. The van der Waals surface area contributed by atoms with E-state index in [-0.39, 0.29) is 17.0 Å². The number of likely N-dealkylation sites (tertiary alicyclic amines) is 1. The Kier molecular flexibility index (Phi) is 4.39. The highest BCUT2D eigenvalue weighted by molar-refractivity contribution is 6.29. The van der Waals surface area contributed by atoms with Crippen LogP contribution in [0.2, 0.25) is 5.15 Å². The first-order valence-corrected chi connectivity index (χ1v) is 6.68. The third-order valence-corrected chi connectivity index (χ3v) is 3.73. The van der Waals surface area contributed by atoms with Gasteiger partial charge in [-0.05, 0) is 33.0 Å². The van der Waals surface area contributed by atoms with E-state index in [0.717, 1.165) is 25.9 Å². The van der Waals surface area contributed by atoms with Crippen LogP contribution < -0.4 is 4.90 Å². The third-order valence-electron chi connectivity index (χ3n) is 3.53. The Morgan fingerprint density at radius 1 is 1.30 bits per heavy atom. The first kappa shape index (κ1) is 15.3. The van der Waals surface area contributed by atoms with Gasteiger partial charge in [0.1, 0.15) is 11.0 Å². The average Bonchev–Trinajstić information content (AvgIpc) is 2.37. The van der Waals surface area contributed by atoms with Crippen LogP contribution >= 0.6 is 11.6 Å². The van der Waals surface area contributed by atoms with Crippen molar-refractivity contribution < 1.29 is 13.2 Å². The molecule has 1 aromatic heterocycles. The Morgan fingerprint density at radius 3 is 2.45 bits per heavy atom. The fraction of sp³-hybridized carbons (Fsp3) is 0.667. The summed E-state index contributed by atoms with van der Waals surface area (Å²) in [7, 11) is 3.77. The summed E-state index contributed by atoms with van der Waals surface area (Å²) in [5, 5.41) is -0.192. The van der Waals surface area contributed by atoms with Gasteiger partial charge in [-0.1, -0.05) is 11.6 Å². The number of piperidine rings is 1. The van der Waals surface area contributed by atoms with Gasteiger partial charge in [0.15, 0.2) is 0 Å². The first-order valence-electron chi connectivity index (χ1n) is 6.30. The van der Waals surface area contributed by atoms with E-state index in [1.165, 1.54) is 6.07 Å². The molecule has 0 aromatic carbocycles. The lowest BCUT2D eigenvalue weighted by Crippen LogP contribution is -2.42. The number of alkyl halides is 3. The summed E-state index contributed by atoms with van der Waals surface area (Å²) in [5.41, 5.74) is 0. The molecule has 0 N–H and O–H groups in total. The normalized spacial score (nSPS) is 18.3. The first-order chi connectivity index (χ1) is 9.27. The standard InChI is InChI=1S/C12H16ClF3N4/c1-19-5-3-8(4-6-19)20(2)10-7-9(13)17-11(18-10)12(14,15)16/h7-8H,3-6H2,1-2H3. The predicted octanol–water partition coefficient (Wildman–Crippen LogP) is 2.68. The van der Waals surface area contributed by atoms with Crippen LogP contribution in [0.15, 0.2) is 6.07 Å². The quantitative estimate of drug-likeness (QED) is 0.786. The van der Waals surface area contributed by atoms with E-state index < -0.39 is 12.0 Å². The molecule has 0 atom stereocenters. The minimum Gasteiger partial charge on any atom is -0.356 e. The molecule has 0 saturated carbocycles. The van der Waals surface area contributed by atoms with Gasteiger partial charge in [-0.3, -0.25) is 0 Å². The summed E-state index contributed by atoms with van der Waals surface area (Å²) in [6, 6.07) is 1.54. The molecule has 2 rings (SSSR count). The zero-order valence-electron chi connectivity index (χ0n) is 11.3. The van der Waals surface area contributed by atoms with Gasteiger partial charge >= 0.3 is 6.18 Å². The van der Waals surface area contributed by atoms with Gasteiger partial charge in [0.05, 0.1) is 0 Å². The topological polar surface area (TPSA) is 32.3 Å². The Labute approximate surface area is 120 Å². The van der Waals surface area contributed by atoms with Crippen LogP contribution in [0.25, 0.3) is 0 Å². The van der Waals surface area contributed by atoms with Gasteiger partial charge in [0, 0.05) is 19.2 Å².